The lowest BCUT2D eigenvalue weighted by Crippen LogP contribution is -2.11. The summed E-state index contributed by atoms with van der Waals surface area (Å²) < 4.78 is 3.67. The van der Waals surface area contributed by atoms with Gasteiger partial charge in [-0.05, 0) is 36.6 Å². The Labute approximate surface area is 186 Å². The third-order valence-electron chi connectivity index (χ3n) is 5.47. The molecule has 0 spiro atoms. The number of aromatic nitrogens is 6. The first-order valence-corrected chi connectivity index (χ1v) is 10.7. The van der Waals surface area contributed by atoms with Crippen molar-refractivity contribution in [3.8, 4) is 17.1 Å². The van der Waals surface area contributed by atoms with E-state index in [-0.39, 0.29) is 0 Å². The predicted molar refractivity (Wildman–Crippen MR) is 126 cm³/mol. The van der Waals surface area contributed by atoms with Gasteiger partial charge in [0.1, 0.15) is 0 Å². The Balaban J connectivity index is 1.57. The van der Waals surface area contributed by atoms with E-state index in [4.69, 9.17) is 9.97 Å². The molecule has 3 aromatic heterocycles. The third kappa shape index (κ3) is 3.73. The van der Waals surface area contributed by atoms with Gasteiger partial charge in [0.25, 0.3) is 0 Å². The van der Waals surface area contributed by atoms with Gasteiger partial charge in [0.15, 0.2) is 11.5 Å². The molecule has 0 fully saturated rings. The topological polar surface area (TPSA) is 72.9 Å². The van der Waals surface area contributed by atoms with Crippen LogP contribution >= 0.6 is 0 Å². The fourth-order valence-corrected chi connectivity index (χ4v) is 3.80. The summed E-state index contributed by atoms with van der Waals surface area (Å²) in [4.78, 5) is 9.73. The Bertz CT molecular complexity index is 1370. The summed E-state index contributed by atoms with van der Waals surface area (Å²) in [5, 5.41) is 12.5. The van der Waals surface area contributed by atoms with Crippen LogP contribution in [0.3, 0.4) is 0 Å². The van der Waals surface area contributed by atoms with Gasteiger partial charge in [-0.2, -0.15) is 19.7 Å². The van der Waals surface area contributed by atoms with Crippen molar-refractivity contribution in [1.29, 1.82) is 0 Å². The van der Waals surface area contributed by atoms with E-state index in [1.165, 1.54) is 5.56 Å². The number of hydrogen-bond donors (Lipinski definition) is 1. The number of benzene rings is 2. The summed E-state index contributed by atoms with van der Waals surface area (Å²) in [5.74, 6) is 1.65. The molecule has 0 radical (unpaired) electrons. The maximum absolute atomic E-state index is 4.88. The summed E-state index contributed by atoms with van der Waals surface area (Å²) in [6.07, 6.45) is 5.61. The maximum Gasteiger partial charge on any atom is 0.228 e. The molecule has 160 valence electrons. The van der Waals surface area contributed by atoms with Crippen LogP contribution in [-0.2, 0) is 6.54 Å². The molecule has 3 heterocycles. The Morgan fingerprint density at radius 1 is 0.969 bits per heavy atom. The van der Waals surface area contributed by atoms with Crippen molar-refractivity contribution in [1.82, 2.24) is 29.4 Å². The summed E-state index contributed by atoms with van der Waals surface area (Å²) in [6.45, 7) is 6.95. The molecule has 2 aromatic carbocycles. The van der Waals surface area contributed by atoms with Crippen molar-refractivity contribution in [2.24, 2.45) is 0 Å². The molecular formula is C25H25N7. The number of nitrogens with zero attached hydrogens (tertiary/aromatic N) is 6. The molecule has 0 saturated carbocycles. The van der Waals surface area contributed by atoms with Crippen LogP contribution in [0.4, 0.5) is 5.95 Å². The second kappa shape index (κ2) is 8.26. The molecule has 0 amide bonds. The van der Waals surface area contributed by atoms with E-state index in [9.17, 15) is 0 Å². The zero-order chi connectivity index (χ0) is 22.1. The van der Waals surface area contributed by atoms with Gasteiger partial charge in [0, 0.05) is 30.1 Å². The third-order valence-corrected chi connectivity index (χ3v) is 5.47. The van der Waals surface area contributed by atoms with Crippen LogP contribution in [-0.4, -0.2) is 29.4 Å². The van der Waals surface area contributed by atoms with Crippen molar-refractivity contribution < 1.29 is 0 Å². The van der Waals surface area contributed by atoms with Gasteiger partial charge in [-0.3, -0.25) is 0 Å². The van der Waals surface area contributed by atoms with Crippen LogP contribution in [0.1, 0.15) is 36.5 Å². The highest BCUT2D eigenvalue weighted by Gasteiger charge is 2.16. The minimum atomic E-state index is 0.307. The summed E-state index contributed by atoms with van der Waals surface area (Å²) in [6, 6.07) is 18.4. The summed E-state index contributed by atoms with van der Waals surface area (Å²) >= 11 is 0. The first kappa shape index (κ1) is 19.9. The van der Waals surface area contributed by atoms with Crippen LogP contribution in [0.5, 0.6) is 0 Å². The SMILES string of the molecule is Cc1cccc(-c2nc(NCc3ccccc3-n3cccn3)n3ncc(C(C)C)c3n2)c1. The molecule has 1 N–H and O–H groups in total. The lowest BCUT2D eigenvalue weighted by atomic mass is 10.1. The number of hydrogen-bond acceptors (Lipinski definition) is 5. The normalized spacial score (nSPS) is 11.4. The van der Waals surface area contributed by atoms with Crippen molar-refractivity contribution in [2.75, 3.05) is 5.32 Å². The Hall–Kier alpha value is -4.00. The highest BCUT2D eigenvalue weighted by atomic mass is 15.3. The minimum absolute atomic E-state index is 0.307. The molecule has 0 bridgehead atoms. The number of para-hydroxylation sites is 1. The number of fused-ring (bicyclic) bond motifs is 1. The highest BCUT2D eigenvalue weighted by Crippen LogP contribution is 2.25. The van der Waals surface area contributed by atoms with Crippen LogP contribution < -0.4 is 5.32 Å². The lowest BCUT2D eigenvalue weighted by molar-refractivity contribution is 0.851. The van der Waals surface area contributed by atoms with Crippen LogP contribution in [0.15, 0.2) is 73.2 Å². The number of aryl methyl sites for hydroxylation is 1. The van der Waals surface area contributed by atoms with Crippen molar-refractivity contribution >= 4 is 11.6 Å². The lowest BCUT2D eigenvalue weighted by Gasteiger charge is -2.13. The molecule has 0 aliphatic rings. The maximum atomic E-state index is 4.88. The zero-order valence-electron chi connectivity index (χ0n) is 18.4. The smallest absolute Gasteiger partial charge is 0.228 e. The van der Waals surface area contributed by atoms with Gasteiger partial charge in [-0.15, -0.1) is 0 Å². The standard InChI is InChI=1S/C25H25N7/c1-17(2)21-16-28-32-24(21)29-23(19-10-6-8-18(3)14-19)30-25(32)26-15-20-9-4-5-11-22(20)31-13-7-12-27-31/h4-14,16-17H,15H2,1-3H3,(H,26,29,30). The minimum Gasteiger partial charge on any atom is -0.350 e. The van der Waals surface area contributed by atoms with E-state index in [1.807, 2.05) is 47.4 Å². The molecule has 0 aliphatic heterocycles. The molecule has 0 unspecified atom stereocenters. The van der Waals surface area contributed by atoms with E-state index < -0.39 is 0 Å². The van der Waals surface area contributed by atoms with Crippen molar-refractivity contribution in [3.05, 3.63) is 89.9 Å². The molecule has 7 heteroatoms. The first-order valence-electron chi connectivity index (χ1n) is 10.7. The Morgan fingerprint density at radius 2 is 1.84 bits per heavy atom. The average molecular weight is 424 g/mol. The number of anilines is 1. The summed E-state index contributed by atoms with van der Waals surface area (Å²) in [7, 11) is 0. The monoisotopic (exact) mass is 423 g/mol. The van der Waals surface area contributed by atoms with Crippen LogP contribution in [0.2, 0.25) is 0 Å². The molecule has 0 saturated heterocycles. The molecule has 32 heavy (non-hydrogen) atoms. The van der Waals surface area contributed by atoms with E-state index in [0.29, 0.717) is 24.2 Å². The fourth-order valence-electron chi connectivity index (χ4n) is 3.80. The van der Waals surface area contributed by atoms with Gasteiger partial charge >= 0.3 is 0 Å². The summed E-state index contributed by atoms with van der Waals surface area (Å²) in [5.41, 5.74) is 6.22. The van der Waals surface area contributed by atoms with Crippen LogP contribution in [0, 0.1) is 6.92 Å². The zero-order valence-corrected chi connectivity index (χ0v) is 18.4. The van der Waals surface area contributed by atoms with Gasteiger partial charge in [0.2, 0.25) is 5.95 Å². The fraction of sp³-hybridized carbons (Fsp3) is 0.200. The highest BCUT2D eigenvalue weighted by molar-refractivity contribution is 5.63. The number of nitrogens with one attached hydrogen (secondary N) is 1. The predicted octanol–water partition coefficient (Wildman–Crippen LogP) is 5.02. The second-order valence-corrected chi connectivity index (χ2v) is 8.16. The van der Waals surface area contributed by atoms with Crippen molar-refractivity contribution in [3.63, 3.8) is 0 Å². The van der Waals surface area contributed by atoms with E-state index in [1.54, 1.807) is 10.7 Å². The molecule has 5 aromatic rings. The largest absolute Gasteiger partial charge is 0.350 e. The quantitative estimate of drug-likeness (QED) is 0.415. The molecular weight excluding hydrogens is 398 g/mol. The van der Waals surface area contributed by atoms with Gasteiger partial charge in [-0.1, -0.05) is 55.8 Å². The Morgan fingerprint density at radius 3 is 2.62 bits per heavy atom. The number of rotatable bonds is 6. The molecule has 5 rings (SSSR count). The van der Waals surface area contributed by atoms with Crippen LogP contribution in [0.25, 0.3) is 22.7 Å². The van der Waals surface area contributed by atoms with Crippen molar-refractivity contribution in [2.45, 2.75) is 33.2 Å². The molecule has 7 nitrogen and oxygen atoms in total. The van der Waals surface area contributed by atoms with E-state index in [0.717, 1.165) is 28.0 Å². The van der Waals surface area contributed by atoms with Gasteiger partial charge < -0.3 is 5.32 Å². The van der Waals surface area contributed by atoms with E-state index in [2.05, 4.69) is 60.6 Å². The second-order valence-electron chi connectivity index (χ2n) is 8.16. The first-order chi connectivity index (χ1) is 15.6. The van der Waals surface area contributed by atoms with Gasteiger partial charge in [-0.25, -0.2) is 9.67 Å². The van der Waals surface area contributed by atoms with Gasteiger partial charge in [0.05, 0.1) is 11.9 Å². The Kier molecular flexibility index (Phi) is 5.15. The van der Waals surface area contributed by atoms with E-state index >= 15 is 0 Å². The molecule has 0 atom stereocenters. The average Bonchev–Trinajstić information content (AvgIpc) is 3.48. The molecule has 0 aliphatic carbocycles.